The second-order valence-corrected chi connectivity index (χ2v) is 3.51. The van der Waals surface area contributed by atoms with E-state index in [0.29, 0.717) is 0 Å². The van der Waals surface area contributed by atoms with Crippen molar-refractivity contribution >= 4 is 16.8 Å². The number of hydrogen-bond acceptors (Lipinski definition) is 4. The summed E-state index contributed by atoms with van der Waals surface area (Å²) in [5, 5.41) is 0. The lowest BCUT2D eigenvalue weighted by atomic mass is 11.9. The Bertz CT molecular complexity index is 39.0. The molecule has 0 radical (unpaired) electrons. The van der Waals surface area contributed by atoms with Crippen LogP contribution in [0.5, 0.6) is 0 Å². The third kappa shape index (κ3) is 6.70. The average molecular weight is 144 g/mol. The summed E-state index contributed by atoms with van der Waals surface area (Å²) >= 11 is 0. The molecule has 0 aromatic carbocycles. The molecule has 4 N–H and O–H groups in total. The molecule has 0 bridgehead atoms. The molecule has 44 valence electrons. The maximum atomic E-state index is 8.04. The normalized spacial score (nSPS) is 11.1. The summed E-state index contributed by atoms with van der Waals surface area (Å²) in [4.78, 5) is 32.2. The van der Waals surface area contributed by atoms with Crippen LogP contribution in [0, 0.1) is 0 Å². The minimum Gasteiger partial charge on any atom is -0.350 e. The van der Waals surface area contributed by atoms with Crippen LogP contribution in [-0.4, -0.2) is 25.5 Å². The topological polar surface area (TPSA) is 80.9 Å². The van der Waals surface area contributed by atoms with Crippen molar-refractivity contribution in [2.24, 2.45) is 0 Å². The summed E-state index contributed by atoms with van der Waals surface area (Å²) in [7, 11) is -4.22. The summed E-state index contributed by atoms with van der Waals surface area (Å²) in [6.45, 7) is 0. The molecule has 0 aliphatic carbocycles. The van der Waals surface area contributed by atoms with Crippen molar-refractivity contribution in [2.75, 3.05) is 5.90 Å². The van der Waals surface area contributed by atoms with E-state index in [1.165, 1.54) is 0 Å². The molecule has 0 atom stereocenters. The monoisotopic (exact) mass is 144 g/mol. The van der Waals surface area contributed by atoms with Gasteiger partial charge in [0.2, 0.25) is 0 Å². The van der Waals surface area contributed by atoms with Crippen LogP contribution in [0.1, 0.15) is 0 Å². The lowest BCUT2D eigenvalue weighted by molar-refractivity contribution is 0.468. The largest absolute Gasteiger partial charge is 0.350 e. The van der Waals surface area contributed by atoms with E-state index in [2.05, 4.69) is 0 Å². The zero-order valence-corrected chi connectivity index (χ0v) is 5.18. The van der Waals surface area contributed by atoms with Crippen LogP contribution in [-0.2, 0) is 0 Å². The second kappa shape index (κ2) is 3.67. The van der Waals surface area contributed by atoms with Gasteiger partial charge >= 0.3 is 0 Å². The molecular formula is CH6O4P2. The molecule has 4 nitrogen and oxygen atoms in total. The Labute approximate surface area is 43.3 Å². The Morgan fingerprint density at radius 2 is 1.14 bits per heavy atom. The maximum absolute atomic E-state index is 8.04. The van der Waals surface area contributed by atoms with Gasteiger partial charge in [-0.15, -0.1) is 0 Å². The molecule has 0 saturated carbocycles. The Hall–Kier alpha value is 0.700. The SMILES string of the molecule is OP(O)CP(O)O. The van der Waals surface area contributed by atoms with Gasteiger partial charge in [0.25, 0.3) is 0 Å². The fraction of sp³-hybridized carbons (Fsp3) is 1.00. The van der Waals surface area contributed by atoms with Crippen LogP contribution >= 0.6 is 16.8 Å². The predicted molar refractivity (Wildman–Crippen MR) is 27.6 cm³/mol. The van der Waals surface area contributed by atoms with Crippen molar-refractivity contribution in [3.63, 3.8) is 0 Å². The maximum Gasteiger partial charge on any atom is 0.174 e. The smallest absolute Gasteiger partial charge is 0.174 e. The summed E-state index contributed by atoms with van der Waals surface area (Å²) in [5.41, 5.74) is 0. The van der Waals surface area contributed by atoms with Gasteiger partial charge < -0.3 is 19.6 Å². The summed E-state index contributed by atoms with van der Waals surface area (Å²) in [5.74, 6) is -0.287. The highest BCUT2D eigenvalue weighted by atomic mass is 31.2. The van der Waals surface area contributed by atoms with Gasteiger partial charge in [0.05, 0.1) is 5.90 Å². The molecule has 0 unspecified atom stereocenters. The first kappa shape index (κ1) is 7.70. The van der Waals surface area contributed by atoms with Crippen LogP contribution in [0.25, 0.3) is 0 Å². The number of hydrogen-bond donors (Lipinski definition) is 4. The zero-order valence-electron chi connectivity index (χ0n) is 3.39. The Morgan fingerprint density at radius 1 is 0.857 bits per heavy atom. The Kier molecular flexibility index (Phi) is 4.04. The molecule has 0 amide bonds. The highest BCUT2D eigenvalue weighted by Crippen LogP contribution is 2.39. The molecule has 6 heteroatoms. The van der Waals surface area contributed by atoms with Gasteiger partial charge in [-0.05, 0) is 0 Å². The van der Waals surface area contributed by atoms with Gasteiger partial charge in [0.15, 0.2) is 16.8 Å². The van der Waals surface area contributed by atoms with E-state index in [1.807, 2.05) is 0 Å². The van der Waals surface area contributed by atoms with Crippen LogP contribution < -0.4 is 0 Å². The minimum atomic E-state index is -2.11. The van der Waals surface area contributed by atoms with Crippen LogP contribution in [0.3, 0.4) is 0 Å². The van der Waals surface area contributed by atoms with Crippen LogP contribution in [0.15, 0.2) is 0 Å². The second-order valence-electron chi connectivity index (χ2n) is 0.886. The van der Waals surface area contributed by atoms with Crippen LogP contribution in [0.4, 0.5) is 0 Å². The van der Waals surface area contributed by atoms with E-state index in [0.717, 1.165) is 0 Å². The molecule has 0 saturated heterocycles. The summed E-state index contributed by atoms with van der Waals surface area (Å²) < 4.78 is 0. The average Bonchev–Trinajstić information content (AvgIpc) is 1.27. The lowest BCUT2D eigenvalue weighted by Crippen LogP contribution is -1.77. The van der Waals surface area contributed by atoms with Crippen molar-refractivity contribution in [3.8, 4) is 0 Å². The Balaban J connectivity index is 2.95. The van der Waals surface area contributed by atoms with Gasteiger partial charge in [-0.2, -0.15) is 0 Å². The van der Waals surface area contributed by atoms with E-state index in [9.17, 15) is 0 Å². The molecule has 0 aliphatic rings. The highest BCUT2D eigenvalue weighted by Gasteiger charge is 2.04. The van der Waals surface area contributed by atoms with E-state index in [1.54, 1.807) is 0 Å². The van der Waals surface area contributed by atoms with Crippen molar-refractivity contribution in [2.45, 2.75) is 0 Å². The first-order chi connectivity index (χ1) is 3.13. The quantitative estimate of drug-likeness (QED) is 0.395. The predicted octanol–water partition coefficient (Wildman–Crippen LogP) is -0.463. The molecule has 0 fully saturated rings. The standard InChI is InChI=1S/CH6O4P2/c2-6(3)1-7(4)5/h2-5H,1H2. The van der Waals surface area contributed by atoms with Crippen LogP contribution in [0.2, 0.25) is 0 Å². The fourth-order valence-corrected chi connectivity index (χ4v) is 1.02. The van der Waals surface area contributed by atoms with Gasteiger partial charge in [-0.3, -0.25) is 0 Å². The van der Waals surface area contributed by atoms with E-state index in [-0.39, 0.29) is 5.90 Å². The molecule has 0 aromatic rings. The van der Waals surface area contributed by atoms with Gasteiger partial charge in [-0.1, -0.05) is 0 Å². The molecule has 0 rings (SSSR count). The first-order valence-electron chi connectivity index (χ1n) is 1.43. The molecule has 0 spiro atoms. The van der Waals surface area contributed by atoms with E-state index < -0.39 is 16.8 Å². The fourth-order valence-electron chi connectivity index (χ4n) is 0.113. The third-order valence-electron chi connectivity index (χ3n) is 0.253. The van der Waals surface area contributed by atoms with E-state index in [4.69, 9.17) is 19.6 Å². The minimum absolute atomic E-state index is 0.287. The highest BCUT2D eigenvalue weighted by molar-refractivity contribution is 7.63. The van der Waals surface area contributed by atoms with E-state index >= 15 is 0 Å². The van der Waals surface area contributed by atoms with Crippen molar-refractivity contribution in [1.29, 1.82) is 0 Å². The Morgan fingerprint density at radius 3 is 1.14 bits per heavy atom. The molecule has 0 aliphatic heterocycles. The third-order valence-corrected chi connectivity index (χ3v) is 2.28. The first-order valence-corrected chi connectivity index (χ1v) is 4.30. The van der Waals surface area contributed by atoms with Crippen molar-refractivity contribution in [3.05, 3.63) is 0 Å². The van der Waals surface area contributed by atoms with Gasteiger partial charge in [0.1, 0.15) is 0 Å². The van der Waals surface area contributed by atoms with Gasteiger partial charge in [-0.25, -0.2) is 0 Å². The summed E-state index contributed by atoms with van der Waals surface area (Å²) in [6, 6.07) is 0. The van der Waals surface area contributed by atoms with Crippen molar-refractivity contribution in [1.82, 2.24) is 0 Å². The molecule has 0 aromatic heterocycles. The lowest BCUT2D eigenvalue weighted by Gasteiger charge is -2.00. The number of rotatable bonds is 2. The summed E-state index contributed by atoms with van der Waals surface area (Å²) in [6.07, 6.45) is 0. The molecule has 7 heavy (non-hydrogen) atoms. The molecular weight excluding hydrogens is 138 g/mol. The zero-order chi connectivity index (χ0) is 5.86. The van der Waals surface area contributed by atoms with Gasteiger partial charge in [0, 0.05) is 0 Å². The molecule has 0 heterocycles. The van der Waals surface area contributed by atoms with Crippen molar-refractivity contribution < 1.29 is 19.6 Å².